The highest BCUT2D eigenvalue weighted by atomic mass is 32.2. The standard InChI is InChI=1S/C29H28N4O3S/c1-19-7-9-21(10-8-19)18-37-29-32-24-6-4-3-5-23(24)27-31-25(28(35)33(27)29)15-16-26(34)30-17-20-11-13-22(36-2)14-12-20/h3-14,25H,15-18H2,1-2H3,(H,30,34). The summed E-state index contributed by atoms with van der Waals surface area (Å²) < 4.78 is 5.17. The second kappa shape index (κ2) is 11.0. The van der Waals surface area contributed by atoms with E-state index in [1.165, 1.54) is 17.3 Å². The van der Waals surface area contributed by atoms with Crippen molar-refractivity contribution in [3.8, 4) is 5.75 Å². The van der Waals surface area contributed by atoms with Gasteiger partial charge >= 0.3 is 0 Å². The van der Waals surface area contributed by atoms with Crippen LogP contribution in [0.1, 0.15) is 35.1 Å². The minimum atomic E-state index is -0.613. The number of aliphatic imine (C=N–C) groups is 2. The molecule has 8 heteroatoms. The Hall–Kier alpha value is -3.91. The van der Waals surface area contributed by atoms with Gasteiger partial charge in [-0.25, -0.2) is 9.89 Å². The quantitative estimate of drug-likeness (QED) is 0.461. The molecule has 2 amide bonds. The number of fused-ring (bicyclic) bond motifs is 3. The molecule has 3 aromatic carbocycles. The molecular formula is C29H28N4O3S. The first-order valence-corrected chi connectivity index (χ1v) is 13.2. The van der Waals surface area contributed by atoms with Crippen LogP contribution in [-0.4, -0.2) is 40.9 Å². The zero-order valence-corrected chi connectivity index (χ0v) is 21.6. The normalized spacial score (nSPS) is 16.0. The summed E-state index contributed by atoms with van der Waals surface area (Å²) in [7, 11) is 1.62. The molecule has 5 rings (SSSR count). The summed E-state index contributed by atoms with van der Waals surface area (Å²) >= 11 is 1.52. The minimum absolute atomic E-state index is 0.114. The molecule has 0 aliphatic carbocycles. The molecule has 7 nitrogen and oxygen atoms in total. The van der Waals surface area contributed by atoms with Crippen molar-refractivity contribution in [2.75, 3.05) is 7.11 Å². The van der Waals surface area contributed by atoms with E-state index in [0.29, 0.717) is 29.7 Å². The van der Waals surface area contributed by atoms with E-state index in [9.17, 15) is 9.59 Å². The highest BCUT2D eigenvalue weighted by Crippen LogP contribution is 2.35. The van der Waals surface area contributed by atoms with E-state index in [1.807, 2.05) is 48.5 Å². The van der Waals surface area contributed by atoms with Crippen molar-refractivity contribution >= 4 is 40.3 Å². The fourth-order valence-electron chi connectivity index (χ4n) is 4.22. The summed E-state index contributed by atoms with van der Waals surface area (Å²) in [6.45, 7) is 2.48. The maximum atomic E-state index is 13.4. The van der Waals surface area contributed by atoms with Crippen molar-refractivity contribution in [1.29, 1.82) is 0 Å². The lowest BCUT2D eigenvalue weighted by molar-refractivity contribution is -0.125. The number of nitrogens with zero attached hydrogens (tertiary/aromatic N) is 3. The number of aryl methyl sites for hydroxylation is 1. The number of hydrogen-bond donors (Lipinski definition) is 1. The monoisotopic (exact) mass is 512 g/mol. The van der Waals surface area contributed by atoms with Gasteiger partial charge in [0.05, 0.1) is 12.8 Å². The van der Waals surface area contributed by atoms with E-state index in [4.69, 9.17) is 14.7 Å². The Balaban J connectivity index is 1.25. The van der Waals surface area contributed by atoms with Gasteiger partial charge in [0.1, 0.15) is 17.6 Å². The molecule has 0 spiro atoms. The summed E-state index contributed by atoms with van der Waals surface area (Å²) in [4.78, 5) is 37.1. The van der Waals surface area contributed by atoms with Gasteiger partial charge in [-0.3, -0.25) is 14.6 Å². The van der Waals surface area contributed by atoms with Crippen LogP contribution in [0.4, 0.5) is 5.69 Å². The van der Waals surface area contributed by atoms with Crippen molar-refractivity contribution in [1.82, 2.24) is 10.2 Å². The molecule has 2 heterocycles. The molecule has 1 atom stereocenters. The first-order valence-electron chi connectivity index (χ1n) is 12.2. The van der Waals surface area contributed by atoms with E-state index in [-0.39, 0.29) is 18.2 Å². The highest BCUT2D eigenvalue weighted by Gasteiger charge is 2.41. The van der Waals surface area contributed by atoms with Crippen molar-refractivity contribution < 1.29 is 14.3 Å². The number of thioether (sulfide) groups is 1. The molecule has 0 saturated heterocycles. The molecule has 37 heavy (non-hydrogen) atoms. The van der Waals surface area contributed by atoms with Crippen molar-refractivity contribution in [3.05, 3.63) is 95.1 Å². The molecule has 188 valence electrons. The zero-order valence-electron chi connectivity index (χ0n) is 20.8. The summed E-state index contributed by atoms with van der Waals surface area (Å²) in [6, 6.07) is 23.0. The third-order valence-corrected chi connectivity index (χ3v) is 7.34. The average Bonchev–Trinajstić information content (AvgIpc) is 3.27. The van der Waals surface area contributed by atoms with E-state index >= 15 is 0 Å². The highest BCUT2D eigenvalue weighted by molar-refractivity contribution is 8.13. The van der Waals surface area contributed by atoms with E-state index in [2.05, 4.69) is 36.5 Å². The van der Waals surface area contributed by atoms with Gasteiger partial charge in [-0.05, 0) is 48.7 Å². The third-order valence-electron chi connectivity index (χ3n) is 6.33. The SMILES string of the molecule is COc1ccc(CNC(=O)CCC2N=C3c4ccccc4N=C(SCc4ccc(C)cc4)N3C2=O)cc1. The Morgan fingerprint density at radius 3 is 2.51 bits per heavy atom. The molecular weight excluding hydrogens is 484 g/mol. The fourth-order valence-corrected chi connectivity index (χ4v) is 5.18. The number of benzene rings is 3. The van der Waals surface area contributed by atoms with Gasteiger partial charge in [-0.15, -0.1) is 0 Å². The number of methoxy groups -OCH3 is 1. The first-order chi connectivity index (χ1) is 18.0. The summed E-state index contributed by atoms with van der Waals surface area (Å²) in [5.74, 6) is 1.83. The summed E-state index contributed by atoms with van der Waals surface area (Å²) in [5.41, 5.74) is 4.98. The predicted molar refractivity (Wildman–Crippen MR) is 147 cm³/mol. The van der Waals surface area contributed by atoms with Crippen LogP contribution in [0, 0.1) is 6.92 Å². The third kappa shape index (κ3) is 5.59. The van der Waals surface area contributed by atoms with Crippen LogP contribution in [0.2, 0.25) is 0 Å². The zero-order chi connectivity index (χ0) is 25.8. The van der Waals surface area contributed by atoms with Crippen molar-refractivity contribution in [2.45, 2.75) is 38.1 Å². The molecule has 0 bridgehead atoms. The van der Waals surface area contributed by atoms with Crippen LogP contribution in [-0.2, 0) is 21.9 Å². The lowest BCUT2D eigenvalue weighted by atomic mass is 10.1. The maximum Gasteiger partial charge on any atom is 0.259 e. The minimum Gasteiger partial charge on any atom is -0.497 e. The predicted octanol–water partition coefficient (Wildman–Crippen LogP) is 4.99. The molecule has 0 aromatic heterocycles. The molecule has 2 aliphatic rings. The van der Waals surface area contributed by atoms with Gasteiger partial charge < -0.3 is 10.1 Å². The van der Waals surface area contributed by atoms with Crippen molar-refractivity contribution in [2.24, 2.45) is 9.98 Å². The summed E-state index contributed by atoms with van der Waals surface area (Å²) in [5, 5.41) is 3.54. The molecule has 0 radical (unpaired) electrons. The van der Waals surface area contributed by atoms with Gasteiger partial charge in [0.2, 0.25) is 5.91 Å². The smallest absolute Gasteiger partial charge is 0.259 e. The maximum absolute atomic E-state index is 13.4. The number of carbonyl (C=O) groups is 2. The number of amidine groups is 2. The molecule has 0 fully saturated rings. The average molecular weight is 513 g/mol. The largest absolute Gasteiger partial charge is 0.497 e. The van der Waals surface area contributed by atoms with Crippen LogP contribution in [0.3, 0.4) is 0 Å². The lowest BCUT2D eigenvalue weighted by Gasteiger charge is -2.25. The molecule has 3 aromatic rings. The van der Waals surface area contributed by atoms with E-state index in [1.54, 1.807) is 12.0 Å². The fraction of sp³-hybridized carbons (Fsp3) is 0.241. The van der Waals surface area contributed by atoms with Gasteiger partial charge in [-0.2, -0.15) is 0 Å². The van der Waals surface area contributed by atoms with Crippen LogP contribution in [0.15, 0.2) is 82.8 Å². The van der Waals surface area contributed by atoms with Crippen LogP contribution >= 0.6 is 11.8 Å². The van der Waals surface area contributed by atoms with Crippen LogP contribution in [0.5, 0.6) is 5.75 Å². The van der Waals surface area contributed by atoms with Crippen molar-refractivity contribution in [3.63, 3.8) is 0 Å². The number of hydrogen-bond acceptors (Lipinski definition) is 6. The van der Waals surface area contributed by atoms with Gasteiger partial charge in [-0.1, -0.05) is 65.9 Å². The molecule has 2 aliphatic heterocycles. The van der Waals surface area contributed by atoms with Crippen LogP contribution in [0.25, 0.3) is 0 Å². The Kier molecular flexibility index (Phi) is 7.37. The topological polar surface area (TPSA) is 83.4 Å². The first kappa shape index (κ1) is 24.8. The van der Waals surface area contributed by atoms with Gasteiger partial charge in [0.25, 0.3) is 5.91 Å². The molecule has 1 unspecified atom stereocenters. The Morgan fingerprint density at radius 2 is 1.76 bits per heavy atom. The number of rotatable bonds is 8. The van der Waals surface area contributed by atoms with E-state index < -0.39 is 6.04 Å². The second-order valence-electron chi connectivity index (χ2n) is 8.99. The number of para-hydroxylation sites is 1. The number of carbonyl (C=O) groups excluding carboxylic acids is 2. The van der Waals surface area contributed by atoms with E-state index in [0.717, 1.165) is 28.1 Å². The summed E-state index contributed by atoms with van der Waals surface area (Å²) in [6.07, 6.45) is 0.549. The second-order valence-corrected chi connectivity index (χ2v) is 9.93. The lowest BCUT2D eigenvalue weighted by Crippen LogP contribution is -2.41. The van der Waals surface area contributed by atoms with Gasteiger partial charge in [0.15, 0.2) is 5.17 Å². The Labute approximate surface area is 220 Å². The Morgan fingerprint density at radius 1 is 1.03 bits per heavy atom. The number of nitrogens with one attached hydrogen (secondary N) is 1. The Bertz CT molecular complexity index is 1370. The molecule has 0 saturated carbocycles. The molecule has 1 N–H and O–H groups in total. The number of ether oxygens (including phenoxy) is 1. The van der Waals surface area contributed by atoms with Crippen LogP contribution < -0.4 is 10.1 Å². The number of amides is 2. The van der Waals surface area contributed by atoms with Gasteiger partial charge in [0, 0.05) is 24.3 Å².